The van der Waals surface area contributed by atoms with Crippen LogP contribution in [-0.2, 0) is 40.7 Å². The summed E-state index contributed by atoms with van der Waals surface area (Å²) in [6, 6.07) is 16.8. The van der Waals surface area contributed by atoms with Crippen molar-refractivity contribution in [2.75, 3.05) is 56.5 Å². The van der Waals surface area contributed by atoms with E-state index >= 15 is 4.39 Å². The number of rotatable bonds is 14. The van der Waals surface area contributed by atoms with Crippen molar-refractivity contribution >= 4 is 92.9 Å². The molecule has 6 aromatic heterocycles. The number of nitrogens with two attached hydrogens (primary N) is 1. The Balaban J connectivity index is -0.0000000388. The molecule has 8 N–H and O–H groups in total. The Morgan fingerprint density at radius 1 is 0.705 bits per heavy atom. The number of fused-ring (bicyclic) bond motifs is 10. The fourth-order valence-electron chi connectivity index (χ4n) is 13.3. The Morgan fingerprint density at radius 2 is 1.26 bits per heavy atom. The second-order valence-corrected chi connectivity index (χ2v) is 32.0. The molecule has 2 aliphatic carbocycles. The van der Waals surface area contributed by atoms with E-state index in [1.54, 1.807) is 103 Å². The topological polar surface area (TPSA) is 372 Å². The molecule has 10 aromatic rings. The number of nitrogens with one attached hydrogen (secondary N) is 5. The third kappa shape index (κ3) is 17.5. The van der Waals surface area contributed by atoms with Gasteiger partial charge >= 0.3 is 18.2 Å². The van der Waals surface area contributed by atoms with Crippen molar-refractivity contribution in [2.24, 2.45) is 17.6 Å². The van der Waals surface area contributed by atoms with E-state index in [1.807, 2.05) is 27.7 Å². The van der Waals surface area contributed by atoms with Crippen LogP contribution < -0.4 is 45.7 Å². The van der Waals surface area contributed by atoms with Gasteiger partial charge in [-0.05, 0) is 159 Å². The molecule has 28 nitrogen and oxygen atoms in total. The largest absolute Gasteiger partial charge is 0.505 e. The Bertz CT molecular complexity index is 5260. The molecule has 0 radical (unpaired) electrons. The van der Waals surface area contributed by atoms with Crippen molar-refractivity contribution in [1.29, 1.82) is 0 Å². The molecule has 14 rings (SSSR count). The van der Waals surface area contributed by atoms with Crippen LogP contribution in [-0.4, -0.2) is 161 Å². The molecule has 2 aliphatic heterocycles. The molecule has 0 spiro atoms. The lowest BCUT2D eigenvalue weighted by Gasteiger charge is -2.31. The number of aromatic nitrogens is 10. The molecule has 4 fully saturated rings. The first-order chi connectivity index (χ1) is 99.1. The van der Waals surface area contributed by atoms with Crippen LogP contribution in [0.1, 0.15) is 257 Å². The lowest BCUT2D eigenvalue weighted by molar-refractivity contribution is 0.0488. The molecular formula is C73H190F2N16O12S2. The number of hydrogen-bond donors (Lipinski definition) is 7. The summed E-state index contributed by atoms with van der Waals surface area (Å²) in [6.45, 7) is 19.3. The number of benzene rings is 4. The lowest BCUT2D eigenvalue weighted by Crippen LogP contribution is -2.45. The summed E-state index contributed by atoms with van der Waals surface area (Å²) in [5, 5.41) is 18.3. The predicted octanol–water partition coefficient (Wildman–Crippen LogP) is 24.0. The number of carbonyl (C=O) groups is 2. The third-order valence-corrected chi connectivity index (χ3v) is 21.4. The SMILES string of the molecule is C.CC(C)(C)OC(=O)N[C@@H]1C[C@H]2C[C@@H]1CN2.CNc1cc(F)c(C)c2c1[nH]c1nc(Oc3cnc(C)nc3)nc(N3C[C@H]4C[C@@H]3C[C@H]4N)c12.COc1ccc(CS(=O)(=O)c2nc(S(=O)(=O)Cc3ccc(OC)cc3)c3c(n2)[nH]c2c(N(C)C(=O)OC(C)(C)C)cc(F)c(C)c23)cc1.Cc1ncc(O)cn1.[2H][2H].[2H][2H].[2H][2H].[2H][2H].[2H][2H].[2H][2H].[2H][2H].[2H][2H].[2H][2H].[2H][2H].[2H][2H].[2H][2H].[2H][2H].[2H][2H].[2H][2H].[2H][2H].[2H][2H].[2H][2H].[2H][2H].[2H][2H].[2H][2H].[2H][2H].[2H][2H].[2H][2H].[2H][2H].[2H][2H].[2H][2H].[2H][2H].[2H][2H].[2H][2H].[2H][2H].[2H][2H].[2H][2H].[2H][2H].[2H][2H].[2H][2H].[2H][2H].[2H][2H].[2H][2H].[2H][2H].[2H][2H].[2H][2H].[2H][2H].[2H][2H].[2H][2H].[2H][2H].[2H][2H].[2H][2H].[2H][2H].[2H][2H]. The summed E-state index contributed by atoms with van der Waals surface area (Å²) in [5.74, 6) is 2.54. The second kappa shape index (κ2) is 30.9. The molecule has 4 aliphatic rings. The number of ether oxygens (including phenoxy) is 5. The molecule has 6 atom stereocenters. The Kier molecular flexibility index (Phi) is 10.4. The number of halogens is 2. The van der Waals surface area contributed by atoms with Gasteiger partial charge in [-0.2, -0.15) is 9.97 Å². The number of sulfone groups is 2. The summed E-state index contributed by atoms with van der Waals surface area (Å²) in [7, 11) is -2.63. The van der Waals surface area contributed by atoms with Crippen LogP contribution in [0, 0.1) is 51.2 Å². The summed E-state index contributed by atoms with van der Waals surface area (Å²) in [4.78, 5) is 68.0. The fraction of sp³-hybridized carbons (Fsp3) is 0.425. The van der Waals surface area contributed by atoms with Gasteiger partial charge in [-0.15, -0.1) is 0 Å². The first-order valence-electron chi connectivity index (χ1n) is 83.7. The van der Waals surface area contributed by atoms with Crippen molar-refractivity contribution in [2.45, 2.75) is 159 Å². The van der Waals surface area contributed by atoms with Gasteiger partial charge in [0.15, 0.2) is 16.5 Å². The van der Waals surface area contributed by atoms with Crippen LogP contribution in [0.4, 0.5) is 35.6 Å². The van der Waals surface area contributed by atoms with E-state index in [0.29, 0.717) is 86.9 Å². The molecule has 32 heteroatoms. The van der Waals surface area contributed by atoms with E-state index in [1.165, 1.54) is 53.1 Å². The van der Waals surface area contributed by atoms with E-state index < -0.39 is 64.5 Å². The van der Waals surface area contributed by atoms with E-state index in [2.05, 4.69) is 65.7 Å². The van der Waals surface area contributed by atoms with Gasteiger partial charge in [-0.1, -0.05) is 31.7 Å². The van der Waals surface area contributed by atoms with Crippen LogP contribution >= 0.6 is 0 Å². The Labute approximate surface area is 762 Å². The molecule has 4 aromatic carbocycles. The number of anilines is 3. The monoisotopic (exact) mass is 1690 g/mol. The maximum Gasteiger partial charge on any atom is 0.414 e. The van der Waals surface area contributed by atoms with Gasteiger partial charge in [0.25, 0.3) is 5.16 Å². The van der Waals surface area contributed by atoms with Crippen LogP contribution in [0.25, 0.3) is 43.9 Å². The minimum absolute atomic E-state index is 0. The average Bonchev–Trinajstić information content (AvgIpc) is 1.57. The van der Waals surface area contributed by atoms with E-state index in [-0.39, 0.29) is 70.3 Å². The maximum atomic E-state index is 15.6. The van der Waals surface area contributed by atoms with Gasteiger partial charge in [0, 0.05) is 217 Å². The third-order valence-electron chi connectivity index (χ3n) is 18.3. The number of aryl methyl sites for hydroxylation is 4. The highest BCUT2D eigenvalue weighted by molar-refractivity contribution is 7.91. The van der Waals surface area contributed by atoms with Crippen molar-refractivity contribution in [3.8, 4) is 29.0 Å². The van der Waals surface area contributed by atoms with Crippen LogP contribution in [0.15, 0.2) is 95.6 Å². The average molecular weight is 1690 g/mol. The number of amides is 2. The second-order valence-electron chi connectivity index (χ2n) is 28.2. The number of nitrogens with zero attached hydrogens (tertiary/aromatic N) is 10. The number of aromatic amines is 2. The highest BCUT2D eigenvalue weighted by Crippen LogP contribution is 2.46. The first-order valence-corrected chi connectivity index (χ1v) is 37.0. The van der Waals surface area contributed by atoms with Crippen molar-refractivity contribution in [1.82, 2.24) is 60.5 Å². The predicted molar refractivity (Wildman–Crippen MR) is 501 cm³/mol. The molecule has 660 valence electrons. The van der Waals surface area contributed by atoms with E-state index in [0.717, 1.165) is 65.4 Å². The highest BCUT2D eigenvalue weighted by atomic mass is 32.2. The van der Waals surface area contributed by atoms with Crippen LogP contribution in [0.2, 0.25) is 0 Å². The standard InChI is InChI=1S/C33H35FN4O8S2.C23H25FN8O.C11H20N2O2.C5H6N2O.CH4.50H2/c1-19-24(34)16-25(38(5)32(39)46-33(2,3)4)28-26(19)27-29(35-28)36-31(48(42,43)18-21-10-14-23(45-7)15-11-21)37-30(27)47(40,41)17-20-8-12-22(44-6)13-9-20;1-10-15(24)6-17(26-3)20-18(10)19-21(29-20)30-23(33-14-7-27-11(2)28-8-14)31-22(19)32-9-12-4-13(32)5-16(12)25;1-11(2,3)15-10(14)13-9-5-8-4-7(9)6-12-8;1-4-6-2-5(8)3-7-4;;;;;;;;;;;;;;;;;;;;;;;;;;;;;;;;;;;;;;;;;;;;;;;;;;;/h8-16H,17-18H2,1-7H3,(H,35,36,37);6-8,12-13,16,26H,4-5,9,25H2,1-3H3,(H,29,30,31);7-9,12H,4-6H2,1-3H3,(H,13,14);2-3,8H,1H3;1H4;50*1H/t;12-,13-,16-;7-,8-,9-;;;;;;;;;;;;;;;;;;;;;;;;;;;;;;;;;;;;;;;;;;;;;;;;;;;;/m.11..................................................../s1/i;;;;;50*1+1D. The molecule has 0 unspecified atom stereocenters. The van der Waals surface area contributed by atoms with Gasteiger partial charge in [0.05, 0.1) is 83.7 Å². The van der Waals surface area contributed by atoms with Gasteiger partial charge in [-0.25, -0.2) is 65.1 Å². The zero-order chi connectivity index (χ0) is 175. The van der Waals surface area contributed by atoms with Gasteiger partial charge in [-0.3, -0.25) is 4.90 Å². The van der Waals surface area contributed by atoms with Crippen molar-refractivity contribution in [3.05, 3.63) is 131 Å². The van der Waals surface area contributed by atoms with Gasteiger partial charge < -0.3 is 65.3 Å². The summed E-state index contributed by atoms with van der Waals surface area (Å²) < 4.78 is 613. The molecule has 105 heavy (non-hydrogen) atoms. The number of carbonyl (C=O) groups excluding carboxylic acids is 2. The van der Waals surface area contributed by atoms with Crippen molar-refractivity contribution < 1.29 is 212 Å². The minimum Gasteiger partial charge on any atom is -0.505 e. The number of H-pyrrole nitrogens is 2. The first kappa shape index (κ1) is 35.3. The lowest BCUT2D eigenvalue weighted by atomic mass is 10.0. The smallest absolute Gasteiger partial charge is 0.414 e. The van der Waals surface area contributed by atoms with Crippen LogP contribution in [0.3, 0.4) is 0 Å². The maximum absolute atomic E-state index is 15.6. The summed E-state index contributed by atoms with van der Waals surface area (Å²) in [5.41, 5.74) is 8.42. The molecule has 2 amide bonds. The van der Waals surface area contributed by atoms with E-state index in [9.17, 15) is 30.8 Å². The Morgan fingerprint density at radius 3 is 1.77 bits per heavy atom. The normalized spacial score (nSPS) is 21.9. The zero-order valence-electron chi connectivity index (χ0n) is 160. The molecule has 4 bridgehead atoms. The fourth-order valence-corrected chi connectivity index (χ4v) is 16.0. The highest BCUT2D eigenvalue weighted by Gasteiger charge is 2.45. The Hall–Kier alpha value is -10.2. The molecule has 2 saturated heterocycles. The summed E-state index contributed by atoms with van der Waals surface area (Å²) in [6.07, 6.45) is 9.02. The number of piperidine rings is 2. The quantitative estimate of drug-likeness (QED) is 0.0393. The number of alkyl carbamates (subject to hydrolysis) is 1. The number of methoxy groups -OCH3 is 2. The zero-order valence-corrected chi connectivity index (χ0v) is 61.9. The summed E-state index contributed by atoms with van der Waals surface area (Å²) >= 11 is 0. The number of hydrogen-bond acceptors (Lipinski definition) is 24. The minimum atomic E-state index is -4.41. The number of aromatic hydroxyl groups is 1. The van der Waals surface area contributed by atoms with Crippen LogP contribution in [0.5, 0.6) is 29.0 Å². The molecular weight excluding hydrogens is 1400 g/mol. The van der Waals surface area contributed by atoms with Gasteiger partial charge in [0.2, 0.25) is 19.7 Å². The van der Waals surface area contributed by atoms with E-state index in [4.69, 9.17) is 188 Å². The molecule has 2 saturated carbocycles. The molecule has 8 heterocycles. The van der Waals surface area contributed by atoms with Crippen molar-refractivity contribution in [3.63, 3.8) is 0 Å². The van der Waals surface area contributed by atoms with Gasteiger partial charge in [0.1, 0.15) is 63.1 Å².